The van der Waals surface area contributed by atoms with Gasteiger partial charge in [0.2, 0.25) is 0 Å². The van der Waals surface area contributed by atoms with Crippen LogP contribution in [0.25, 0.3) is 0 Å². The lowest BCUT2D eigenvalue weighted by molar-refractivity contribution is -0.301. The number of allylic oxidation sites excluding steroid dienone is 14. The summed E-state index contributed by atoms with van der Waals surface area (Å²) < 4.78 is 28.3. The Hall–Kier alpha value is -4.10. The summed E-state index contributed by atoms with van der Waals surface area (Å²) in [5, 5.41) is 31.4. The molecule has 6 unspecified atom stereocenters. The van der Waals surface area contributed by atoms with Crippen molar-refractivity contribution in [3.05, 3.63) is 85.1 Å². The van der Waals surface area contributed by atoms with E-state index >= 15 is 0 Å². The van der Waals surface area contributed by atoms with Crippen LogP contribution >= 0.6 is 0 Å². The summed E-state index contributed by atoms with van der Waals surface area (Å²) in [5.74, 6) is -3.21. The van der Waals surface area contributed by atoms with Crippen LogP contribution in [0, 0.1) is 0 Å². The van der Waals surface area contributed by atoms with Gasteiger partial charge in [0.15, 0.2) is 24.6 Å². The molecule has 12 nitrogen and oxygen atoms in total. The lowest BCUT2D eigenvalue weighted by Gasteiger charge is -2.40. The SMILES string of the molecule is CC/C=C\C/C=C\C/C=C\C/C=C\CCCCC(=O)OCC(COC1OC(C(=O)O)C(O)C(O)C1OC(=O)CCCCCCC/C=C\C/C=C\CCC)OC(=O)CCCCCCC/C=C\CCCCCC. The first kappa shape index (κ1) is 64.9. The number of aliphatic carboxylic acids is 1. The Bertz CT molecular complexity index is 1560. The largest absolute Gasteiger partial charge is 0.479 e. The second kappa shape index (κ2) is 46.9. The van der Waals surface area contributed by atoms with Crippen LogP contribution in [0.5, 0.6) is 0 Å². The van der Waals surface area contributed by atoms with Crippen molar-refractivity contribution in [3.63, 3.8) is 0 Å². The molecule has 71 heavy (non-hydrogen) atoms. The number of hydrogen-bond acceptors (Lipinski definition) is 11. The van der Waals surface area contributed by atoms with Crippen LogP contribution in [0.3, 0.4) is 0 Å². The van der Waals surface area contributed by atoms with E-state index in [2.05, 4.69) is 106 Å². The van der Waals surface area contributed by atoms with Gasteiger partial charge in [-0.1, -0.05) is 170 Å². The highest BCUT2D eigenvalue weighted by atomic mass is 16.7. The summed E-state index contributed by atoms with van der Waals surface area (Å²) in [5.41, 5.74) is 0. The topological polar surface area (TPSA) is 175 Å². The van der Waals surface area contributed by atoms with Crippen molar-refractivity contribution in [1.82, 2.24) is 0 Å². The molecular formula is C59H96O12. The molecule has 1 saturated heterocycles. The number of carbonyl (C=O) groups is 4. The average molecular weight is 997 g/mol. The number of unbranched alkanes of at least 4 members (excludes halogenated alkanes) is 17. The van der Waals surface area contributed by atoms with Gasteiger partial charge < -0.3 is 39.0 Å². The van der Waals surface area contributed by atoms with Crippen LogP contribution in [-0.2, 0) is 42.9 Å². The standard InChI is InChI=1S/C59H96O12/c1-4-7-10-13-16-19-22-25-26-29-30-33-36-39-42-45-51(60)67-48-50(69-52(61)46-43-40-37-34-31-27-23-20-17-14-11-8-5-2)49-68-59-57(55(64)54(63)56(71-59)58(65)66)70-53(62)47-44-41-38-35-32-28-24-21-18-15-12-9-6-3/h7,10,12,15-16,19-21,23-26,30,33,50,54-57,59,63-64H,4-6,8-9,11,13-14,17-18,22,27-29,31-32,34-49H2,1-3H3,(H,65,66)/b10-7-,15-12-,19-16-,23-20-,24-21-,26-25-,33-30-. The molecular weight excluding hydrogens is 901 g/mol. The Morgan fingerprint density at radius 2 is 0.915 bits per heavy atom. The summed E-state index contributed by atoms with van der Waals surface area (Å²) in [7, 11) is 0. The molecule has 1 aliphatic heterocycles. The van der Waals surface area contributed by atoms with Crippen molar-refractivity contribution in [2.24, 2.45) is 0 Å². The molecule has 0 aliphatic carbocycles. The third kappa shape index (κ3) is 37.3. The van der Waals surface area contributed by atoms with Gasteiger partial charge in [-0.25, -0.2) is 4.79 Å². The molecule has 0 aromatic carbocycles. The number of carboxylic acid groups (broad SMARTS) is 1. The molecule has 0 aromatic rings. The van der Waals surface area contributed by atoms with Crippen LogP contribution in [0.4, 0.5) is 0 Å². The highest BCUT2D eigenvalue weighted by Crippen LogP contribution is 2.26. The number of carbonyl (C=O) groups excluding carboxylic acids is 3. The van der Waals surface area contributed by atoms with Gasteiger partial charge in [-0.05, 0) is 109 Å². The highest BCUT2D eigenvalue weighted by Gasteiger charge is 2.50. The predicted molar refractivity (Wildman–Crippen MR) is 284 cm³/mol. The molecule has 1 heterocycles. The first-order valence-electron chi connectivity index (χ1n) is 27.6. The van der Waals surface area contributed by atoms with Crippen LogP contribution in [-0.4, -0.2) is 89.2 Å². The van der Waals surface area contributed by atoms with Crippen molar-refractivity contribution in [2.45, 2.75) is 250 Å². The van der Waals surface area contributed by atoms with Crippen molar-refractivity contribution >= 4 is 23.9 Å². The predicted octanol–water partition coefficient (Wildman–Crippen LogP) is 13.6. The van der Waals surface area contributed by atoms with Crippen molar-refractivity contribution < 1.29 is 58.2 Å². The number of aliphatic hydroxyl groups is 2. The molecule has 0 bridgehead atoms. The quantitative estimate of drug-likeness (QED) is 0.0228. The fourth-order valence-electron chi connectivity index (χ4n) is 7.68. The molecule has 0 saturated carbocycles. The average Bonchev–Trinajstić information content (AvgIpc) is 3.35. The second-order valence-electron chi connectivity index (χ2n) is 18.5. The van der Waals surface area contributed by atoms with Crippen LogP contribution < -0.4 is 0 Å². The van der Waals surface area contributed by atoms with E-state index in [1.54, 1.807) is 0 Å². The van der Waals surface area contributed by atoms with E-state index in [4.69, 9.17) is 23.7 Å². The van der Waals surface area contributed by atoms with Gasteiger partial charge in [0.1, 0.15) is 18.8 Å². The van der Waals surface area contributed by atoms with E-state index in [0.717, 1.165) is 128 Å². The number of rotatable bonds is 45. The molecule has 0 amide bonds. The maximum Gasteiger partial charge on any atom is 0.335 e. The summed E-state index contributed by atoms with van der Waals surface area (Å²) in [4.78, 5) is 50.9. The Labute approximate surface area is 429 Å². The van der Waals surface area contributed by atoms with E-state index < -0.39 is 67.3 Å². The fourth-order valence-corrected chi connectivity index (χ4v) is 7.68. The second-order valence-corrected chi connectivity index (χ2v) is 18.5. The maximum absolute atomic E-state index is 13.1. The zero-order valence-electron chi connectivity index (χ0n) is 44.2. The molecule has 1 fully saturated rings. The monoisotopic (exact) mass is 997 g/mol. The molecule has 0 spiro atoms. The van der Waals surface area contributed by atoms with Gasteiger partial charge in [0, 0.05) is 19.3 Å². The Kier molecular flexibility index (Phi) is 42.9. The lowest BCUT2D eigenvalue weighted by Crippen LogP contribution is -2.61. The van der Waals surface area contributed by atoms with Crippen LogP contribution in [0.2, 0.25) is 0 Å². The smallest absolute Gasteiger partial charge is 0.335 e. The molecule has 6 atom stereocenters. The molecule has 1 rings (SSSR count). The molecule has 0 aromatic heterocycles. The van der Waals surface area contributed by atoms with E-state index in [0.29, 0.717) is 19.3 Å². The number of carboxylic acids is 1. The van der Waals surface area contributed by atoms with E-state index in [1.807, 2.05) is 0 Å². The first-order valence-corrected chi connectivity index (χ1v) is 27.6. The Balaban J connectivity index is 2.76. The van der Waals surface area contributed by atoms with Gasteiger partial charge in [0.25, 0.3) is 0 Å². The molecule has 12 heteroatoms. The number of hydrogen-bond donors (Lipinski definition) is 3. The molecule has 404 valence electrons. The normalized spacial score (nSPS) is 19.1. The third-order valence-corrected chi connectivity index (χ3v) is 11.9. The van der Waals surface area contributed by atoms with Crippen molar-refractivity contribution in [2.75, 3.05) is 13.2 Å². The summed E-state index contributed by atoms with van der Waals surface area (Å²) in [6.07, 6.45) is 47.1. The summed E-state index contributed by atoms with van der Waals surface area (Å²) in [6, 6.07) is 0. The van der Waals surface area contributed by atoms with Crippen LogP contribution in [0.1, 0.15) is 213 Å². The lowest BCUT2D eigenvalue weighted by atomic mass is 9.98. The third-order valence-electron chi connectivity index (χ3n) is 11.9. The molecule has 0 radical (unpaired) electrons. The highest BCUT2D eigenvalue weighted by molar-refractivity contribution is 5.74. The molecule has 1 aliphatic rings. The van der Waals surface area contributed by atoms with Gasteiger partial charge in [-0.15, -0.1) is 0 Å². The number of aliphatic hydroxyl groups excluding tert-OH is 2. The minimum absolute atomic E-state index is 0.0360. The van der Waals surface area contributed by atoms with E-state index in [-0.39, 0.29) is 25.9 Å². The van der Waals surface area contributed by atoms with Crippen LogP contribution in [0.15, 0.2) is 85.1 Å². The summed E-state index contributed by atoms with van der Waals surface area (Å²) in [6.45, 7) is 5.72. The van der Waals surface area contributed by atoms with Crippen molar-refractivity contribution in [3.8, 4) is 0 Å². The van der Waals surface area contributed by atoms with E-state index in [1.165, 1.54) is 25.7 Å². The zero-order valence-corrected chi connectivity index (χ0v) is 44.2. The zero-order chi connectivity index (χ0) is 51.8. The Morgan fingerprint density at radius 1 is 0.479 bits per heavy atom. The van der Waals surface area contributed by atoms with Gasteiger partial charge in [0.05, 0.1) is 6.61 Å². The maximum atomic E-state index is 13.1. The number of ether oxygens (including phenoxy) is 5. The van der Waals surface area contributed by atoms with E-state index in [9.17, 15) is 34.5 Å². The minimum Gasteiger partial charge on any atom is -0.479 e. The van der Waals surface area contributed by atoms with Gasteiger partial charge >= 0.3 is 23.9 Å². The van der Waals surface area contributed by atoms with Crippen molar-refractivity contribution in [1.29, 1.82) is 0 Å². The summed E-state index contributed by atoms with van der Waals surface area (Å²) >= 11 is 0. The van der Waals surface area contributed by atoms with Gasteiger partial charge in [-0.2, -0.15) is 0 Å². The minimum atomic E-state index is -1.92. The molecule has 3 N–H and O–H groups in total. The number of esters is 3. The Morgan fingerprint density at radius 3 is 1.45 bits per heavy atom. The van der Waals surface area contributed by atoms with Gasteiger partial charge in [-0.3, -0.25) is 14.4 Å². The first-order chi connectivity index (χ1) is 34.6. The fraction of sp³-hybridized carbons (Fsp3) is 0.695.